The van der Waals surface area contributed by atoms with Gasteiger partial charge in [0, 0.05) is 29.6 Å². The molecule has 32 heavy (non-hydrogen) atoms. The average molecular weight is 436 g/mol. The second kappa shape index (κ2) is 8.20. The summed E-state index contributed by atoms with van der Waals surface area (Å²) in [5.41, 5.74) is 3.63. The Hall–Kier alpha value is -3.52. The number of carbonyl (C=O) groups is 2. The number of aromatic nitrogens is 1. The predicted molar refractivity (Wildman–Crippen MR) is 116 cm³/mol. The number of ether oxygens (including phenoxy) is 4. The molecule has 2 aliphatic heterocycles. The van der Waals surface area contributed by atoms with Gasteiger partial charge in [-0.05, 0) is 36.2 Å². The molecule has 1 aromatic heterocycles. The molecule has 0 aliphatic carbocycles. The summed E-state index contributed by atoms with van der Waals surface area (Å²) in [5.74, 6) is 0.515. The van der Waals surface area contributed by atoms with Gasteiger partial charge in [0.2, 0.25) is 12.7 Å². The van der Waals surface area contributed by atoms with Crippen molar-refractivity contribution in [2.75, 3.05) is 27.1 Å². The van der Waals surface area contributed by atoms with Crippen LogP contribution in [0.2, 0.25) is 0 Å². The Morgan fingerprint density at radius 1 is 1.16 bits per heavy atom. The number of benzene rings is 2. The molecule has 0 spiro atoms. The number of aromatic amines is 1. The quantitative estimate of drug-likeness (QED) is 0.619. The van der Waals surface area contributed by atoms with Gasteiger partial charge in [0.25, 0.3) is 0 Å². The van der Waals surface area contributed by atoms with Crippen molar-refractivity contribution in [2.45, 2.75) is 25.4 Å². The molecule has 8 heteroatoms. The third kappa shape index (κ3) is 3.27. The largest absolute Gasteiger partial charge is 0.467 e. The molecular weight excluding hydrogens is 412 g/mol. The van der Waals surface area contributed by atoms with Crippen LogP contribution in [0.1, 0.15) is 29.8 Å². The van der Waals surface area contributed by atoms with Gasteiger partial charge in [0.15, 0.2) is 11.5 Å². The average Bonchev–Trinajstić information content (AvgIpc) is 3.44. The Labute approximate surface area is 185 Å². The fraction of sp³-hybridized carbons (Fsp3) is 0.333. The zero-order valence-corrected chi connectivity index (χ0v) is 17.9. The minimum atomic E-state index is -0.782. The molecule has 3 heterocycles. The minimum absolute atomic E-state index is 0.124. The molecule has 1 amide bonds. The third-order valence-electron chi connectivity index (χ3n) is 6.03. The summed E-state index contributed by atoms with van der Waals surface area (Å²) in [7, 11) is 1.34. The zero-order chi connectivity index (χ0) is 22.2. The van der Waals surface area contributed by atoms with Crippen molar-refractivity contribution in [3.8, 4) is 11.5 Å². The monoisotopic (exact) mass is 436 g/mol. The van der Waals surface area contributed by atoms with Crippen LogP contribution in [-0.2, 0) is 25.5 Å². The van der Waals surface area contributed by atoms with Crippen molar-refractivity contribution in [1.29, 1.82) is 0 Å². The molecule has 8 nitrogen and oxygen atoms in total. The van der Waals surface area contributed by atoms with Gasteiger partial charge >= 0.3 is 5.97 Å². The van der Waals surface area contributed by atoms with Gasteiger partial charge in [-0.1, -0.05) is 24.3 Å². The maximum atomic E-state index is 13.4. The number of para-hydroxylation sites is 1. The van der Waals surface area contributed by atoms with E-state index in [9.17, 15) is 9.59 Å². The van der Waals surface area contributed by atoms with E-state index < -0.39 is 18.1 Å². The lowest BCUT2D eigenvalue weighted by molar-refractivity contribution is -0.157. The standard InChI is InChI=1S/C24H24N2O6/c1-3-30-12-21(27)26-18(24(28)29-2)11-16-15-6-4-5-7-17(15)25-22(16)23(26)14-8-9-19-20(10-14)32-13-31-19/h4-10,18,23,25H,3,11-13H2,1-2H3/t18-,23-/m1/s1. The normalized spacial score (nSPS) is 19.1. The van der Waals surface area contributed by atoms with Gasteiger partial charge in [-0.3, -0.25) is 4.79 Å². The molecular formula is C24H24N2O6. The molecule has 166 valence electrons. The number of amides is 1. The highest BCUT2D eigenvalue weighted by Crippen LogP contribution is 2.44. The summed E-state index contributed by atoms with van der Waals surface area (Å²) in [5, 5.41) is 1.03. The molecule has 0 unspecified atom stereocenters. The van der Waals surface area contributed by atoms with Gasteiger partial charge in [-0.15, -0.1) is 0 Å². The van der Waals surface area contributed by atoms with Crippen molar-refractivity contribution < 1.29 is 28.5 Å². The van der Waals surface area contributed by atoms with E-state index in [1.165, 1.54) is 7.11 Å². The number of H-pyrrole nitrogens is 1. The maximum Gasteiger partial charge on any atom is 0.328 e. The lowest BCUT2D eigenvalue weighted by Crippen LogP contribution is -2.53. The van der Waals surface area contributed by atoms with Crippen molar-refractivity contribution in [1.82, 2.24) is 9.88 Å². The molecule has 2 aromatic carbocycles. The topological polar surface area (TPSA) is 90.1 Å². The van der Waals surface area contributed by atoms with Crippen LogP contribution in [0.25, 0.3) is 10.9 Å². The number of nitrogens with one attached hydrogen (secondary N) is 1. The SMILES string of the molecule is CCOCC(=O)N1[C@H](c2ccc3c(c2)OCO3)c2[nH]c3ccccc3c2C[C@@H]1C(=O)OC. The number of carbonyl (C=O) groups excluding carboxylic acids is 2. The Kier molecular flexibility index (Phi) is 5.22. The van der Waals surface area contributed by atoms with Gasteiger partial charge < -0.3 is 28.8 Å². The van der Waals surface area contributed by atoms with E-state index in [2.05, 4.69) is 4.98 Å². The Bertz CT molecular complexity index is 1190. The van der Waals surface area contributed by atoms with Crippen LogP contribution in [0.15, 0.2) is 42.5 Å². The van der Waals surface area contributed by atoms with Crippen molar-refractivity contribution in [3.63, 3.8) is 0 Å². The first-order valence-electron chi connectivity index (χ1n) is 10.6. The summed E-state index contributed by atoms with van der Waals surface area (Å²) in [6, 6.07) is 12.2. The van der Waals surface area contributed by atoms with Crippen LogP contribution in [0.3, 0.4) is 0 Å². The number of fused-ring (bicyclic) bond motifs is 4. The first-order chi connectivity index (χ1) is 15.6. The maximum absolute atomic E-state index is 13.4. The highest BCUT2D eigenvalue weighted by Gasteiger charge is 2.44. The van der Waals surface area contributed by atoms with E-state index in [0.717, 1.165) is 27.7 Å². The Morgan fingerprint density at radius 2 is 1.97 bits per heavy atom. The first-order valence-corrected chi connectivity index (χ1v) is 10.6. The fourth-order valence-corrected chi connectivity index (χ4v) is 4.61. The van der Waals surface area contributed by atoms with Crippen LogP contribution < -0.4 is 9.47 Å². The van der Waals surface area contributed by atoms with Crippen LogP contribution in [0.4, 0.5) is 0 Å². The fourth-order valence-electron chi connectivity index (χ4n) is 4.61. The molecule has 0 fully saturated rings. The van der Waals surface area contributed by atoms with Gasteiger partial charge in [-0.25, -0.2) is 4.79 Å². The molecule has 0 radical (unpaired) electrons. The van der Waals surface area contributed by atoms with E-state index in [1.807, 2.05) is 49.4 Å². The second-order valence-electron chi connectivity index (χ2n) is 7.76. The van der Waals surface area contributed by atoms with Crippen LogP contribution in [-0.4, -0.2) is 54.9 Å². The van der Waals surface area contributed by atoms with E-state index in [4.69, 9.17) is 18.9 Å². The zero-order valence-electron chi connectivity index (χ0n) is 17.9. The number of hydrogen-bond donors (Lipinski definition) is 1. The smallest absolute Gasteiger partial charge is 0.328 e. The molecule has 0 bridgehead atoms. The summed E-state index contributed by atoms with van der Waals surface area (Å²) in [6.45, 7) is 2.25. The number of hydrogen-bond acceptors (Lipinski definition) is 6. The van der Waals surface area contributed by atoms with Crippen LogP contribution in [0, 0.1) is 0 Å². The van der Waals surface area contributed by atoms with Crippen molar-refractivity contribution in [3.05, 3.63) is 59.3 Å². The molecule has 1 N–H and O–H groups in total. The highest BCUT2D eigenvalue weighted by molar-refractivity contribution is 5.91. The van der Waals surface area contributed by atoms with E-state index in [0.29, 0.717) is 24.5 Å². The molecule has 0 saturated heterocycles. The Balaban J connectivity index is 1.71. The molecule has 5 rings (SSSR count). The minimum Gasteiger partial charge on any atom is -0.467 e. The number of nitrogens with zero attached hydrogens (tertiary/aromatic N) is 1. The van der Waals surface area contributed by atoms with Crippen molar-refractivity contribution in [2.24, 2.45) is 0 Å². The Morgan fingerprint density at radius 3 is 2.78 bits per heavy atom. The highest BCUT2D eigenvalue weighted by atomic mass is 16.7. The summed E-state index contributed by atoms with van der Waals surface area (Å²) in [6.07, 6.45) is 0.352. The molecule has 2 aliphatic rings. The lowest BCUT2D eigenvalue weighted by atomic mass is 9.87. The summed E-state index contributed by atoms with van der Waals surface area (Å²) >= 11 is 0. The summed E-state index contributed by atoms with van der Waals surface area (Å²) < 4.78 is 21.6. The third-order valence-corrected chi connectivity index (χ3v) is 6.03. The number of methoxy groups -OCH3 is 1. The van der Waals surface area contributed by atoms with Gasteiger partial charge in [0.05, 0.1) is 13.2 Å². The van der Waals surface area contributed by atoms with Crippen LogP contribution >= 0.6 is 0 Å². The van der Waals surface area contributed by atoms with Crippen LogP contribution in [0.5, 0.6) is 11.5 Å². The molecule has 3 aromatic rings. The molecule has 0 saturated carbocycles. The second-order valence-corrected chi connectivity index (χ2v) is 7.76. The first kappa shape index (κ1) is 20.4. The lowest BCUT2D eigenvalue weighted by Gasteiger charge is -2.41. The van der Waals surface area contributed by atoms with Crippen molar-refractivity contribution >= 4 is 22.8 Å². The van der Waals surface area contributed by atoms with E-state index in [1.54, 1.807) is 4.90 Å². The summed E-state index contributed by atoms with van der Waals surface area (Å²) in [4.78, 5) is 31.3. The number of esters is 1. The predicted octanol–water partition coefficient (Wildman–Crippen LogP) is 2.95. The van der Waals surface area contributed by atoms with E-state index >= 15 is 0 Å². The van der Waals surface area contributed by atoms with Gasteiger partial charge in [-0.2, -0.15) is 0 Å². The van der Waals surface area contributed by atoms with Gasteiger partial charge in [0.1, 0.15) is 12.6 Å². The van der Waals surface area contributed by atoms with E-state index in [-0.39, 0.29) is 19.3 Å². The number of rotatable bonds is 5. The molecule has 2 atom stereocenters.